The molecule has 3 amide bonds. The number of carboxylic acids is 1. The molecule has 38 heavy (non-hydrogen) atoms. The van der Waals surface area contributed by atoms with E-state index in [-0.39, 0.29) is 66.7 Å². The summed E-state index contributed by atoms with van der Waals surface area (Å²) in [7, 11) is 0. The number of fused-ring (bicyclic) bond motifs is 1. The first-order chi connectivity index (χ1) is 18.1. The van der Waals surface area contributed by atoms with Gasteiger partial charge in [-0.3, -0.25) is 19.8 Å². The van der Waals surface area contributed by atoms with Gasteiger partial charge in [0.15, 0.2) is 0 Å². The Labute approximate surface area is 223 Å². The molecule has 0 bridgehead atoms. The van der Waals surface area contributed by atoms with E-state index in [9.17, 15) is 19.2 Å². The van der Waals surface area contributed by atoms with E-state index < -0.39 is 12.0 Å². The van der Waals surface area contributed by atoms with Gasteiger partial charge in [-0.25, -0.2) is 4.79 Å². The average molecular weight is 542 g/mol. The number of rotatable bonds is 12. The van der Waals surface area contributed by atoms with E-state index in [1.807, 2.05) is 0 Å². The van der Waals surface area contributed by atoms with Crippen LogP contribution in [0.15, 0.2) is 35.7 Å². The SMILES string of the molecule is C[C@@]12C[C@@H]1N(C(=O)CNC(=O)CCCOc1cccc(C(=O)O)c1)[C@H](C(=O)NCc1cc(C(=N)N)cs1)C2. The second kappa shape index (κ2) is 11.2. The van der Waals surface area contributed by atoms with Gasteiger partial charge in [-0.1, -0.05) is 13.0 Å². The molecule has 2 aliphatic rings. The average Bonchev–Trinajstić information content (AvgIpc) is 3.20. The zero-order valence-electron chi connectivity index (χ0n) is 21.0. The topological polar surface area (TPSA) is 175 Å². The smallest absolute Gasteiger partial charge is 0.335 e. The lowest BCUT2D eigenvalue weighted by molar-refractivity contribution is -0.140. The molecular formula is C26H31N5O6S. The summed E-state index contributed by atoms with van der Waals surface area (Å²) in [5, 5.41) is 23.8. The minimum absolute atomic E-state index is 0.0105. The van der Waals surface area contributed by atoms with E-state index in [1.165, 1.54) is 23.5 Å². The number of piperidine rings is 1. The summed E-state index contributed by atoms with van der Waals surface area (Å²) < 4.78 is 5.51. The van der Waals surface area contributed by atoms with E-state index >= 15 is 0 Å². The highest BCUT2D eigenvalue weighted by Gasteiger charge is 2.64. The van der Waals surface area contributed by atoms with Gasteiger partial charge < -0.3 is 31.1 Å². The number of carboxylic acid groups (broad SMARTS) is 1. The number of hydrogen-bond acceptors (Lipinski definition) is 7. The van der Waals surface area contributed by atoms with Gasteiger partial charge in [0.1, 0.15) is 17.6 Å². The van der Waals surface area contributed by atoms with E-state index in [0.29, 0.717) is 24.2 Å². The highest BCUT2D eigenvalue weighted by molar-refractivity contribution is 7.10. The first-order valence-corrected chi connectivity index (χ1v) is 13.2. The van der Waals surface area contributed by atoms with Crippen LogP contribution in [-0.4, -0.2) is 64.8 Å². The molecular weight excluding hydrogens is 510 g/mol. The van der Waals surface area contributed by atoms with Gasteiger partial charge >= 0.3 is 5.97 Å². The third-order valence-corrected chi connectivity index (χ3v) is 7.90. The maximum atomic E-state index is 13.0. The second-order valence-electron chi connectivity index (χ2n) is 9.89. The summed E-state index contributed by atoms with van der Waals surface area (Å²) in [5.41, 5.74) is 6.14. The fourth-order valence-corrected chi connectivity index (χ4v) is 5.59. The predicted molar refractivity (Wildman–Crippen MR) is 140 cm³/mol. The number of amides is 3. The third-order valence-electron chi connectivity index (χ3n) is 6.96. The molecule has 11 nitrogen and oxygen atoms in total. The fourth-order valence-electron chi connectivity index (χ4n) is 4.76. The highest BCUT2D eigenvalue weighted by Crippen LogP contribution is 2.59. The van der Waals surface area contributed by atoms with E-state index in [4.69, 9.17) is 21.0 Å². The largest absolute Gasteiger partial charge is 0.494 e. The molecule has 1 saturated carbocycles. The van der Waals surface area contributed by atoms with Crippen molar-refractivity contribution >= 4 is 40.9 Å². The Bertz CT molecular complexity index is 1260. The minimum atomic E-state index is -1.05. The number of hydrogen-bond donors (Lipinski definition) is 5. The molecule has 3 atom stereocenters. The third kappa shape index (κ3) is 6.31. The van der Waals surface area contributed by atoms with Crippen molar-refractivity contribution in [2.24, 2.45) is 11.1 Å². The Morgan fingerprint density at radius 3 is 2.71 bits per heavy atom. The van der Waals surface area contributed by atoms with Crippen LogP contribution in [0.5, 0.6) is 5.75 Å². The number of carbonyl (C=O) groups excluding carboxylic acids is 3. The van der Waals surface area contributed by atoms with Crippen LogP contribution in [0, 0.1) is 10.8 Å². The summed E-state index contributed by atoms with van der Waals surface area (Å²) in [6.45, 7) is 2.38. The number of nitrogen functional groups attached to an aromatic ring is 1. The number of nitrogens with one attached hydrogen (secondary N) is 3. The molecule has 0 unspecified atom stereocenters. The van der Waals surface area contributed by atoms with Crippen molar-refractivity contribution in [3.8, 4) is 5.75 Å². The molecule has 0 spiro atoms. The number of amidine groups is 1. The number of carbonyl (C=O) groups is 4. The molecule has 1 aliphatic heterocycles. The molecule has 1 saturated heterocycles. The summed E-state index contributed by atoms with van der Waals surface area (Å²) in [6.07, 6.45) is 1.94. The fraction of sp³-hybridized carbons (Fsp3) is 0.423. The van der Waals surface area contributed by atoms with Crippen molar-refractivity contribution in [3.63, 3.8) is 0 Å². The van der Waals surface area contributed by atoms with Crippen LogP contribution in [0.4, 0.5) is 0 Å². The van der Waals surface area contributed by atoms with Crippen molar-refractivity contribution in [3.05, 3.63) is 51.7 Å². The van der Waals surface area contributed by atoms with E-state index in [0.717, 1.165) is 11.3 Å². The van der Waals surface area contributed by atoms with Gasteiger partial charge in [-0.2, -0.15) is 0 Å². The van der Waals surface area contributed by atoms with Crippen LogP contribution < -0.4 is 21.1 Å². The molecule has 2 heterocycles. The number of ether oxygens (including phenoxy) is 1. The normalized spacial score (nSPS) is 21.3. The van der Waals surface area contributed by atoms with Crippen LogP contribution >= 0.6 is 11.3 Å². The number of benzene rings is 1. The Hall–Kier alpha value is -3.93. The molecule has 2 aromatic rings. The van der Waals surface area contributed by atoms with Crippen molar-refractivity contribution in [2.45, 2.75) is 51.2 Å². The number of likely N-dealkylation sites (tertiary alicyclic amines) is 1. The Morgan fingerprint density at radius 1 is 1.21 bits per heavy atom. The van der Waals surface area contributed by atoms with Gasteiger partial charge in [0.2, 0.25) is 17.7 Å². The molecule has 0 radical (unpaired) electrons. The van der Waals surface area contributed by atoms with Crippen LogP contribution in [0.3, 0.4) is 0 Å². The summed E-state index contributed by atoms with van der Waals surface area (Å²) in [4.78, 5) is 51.8. The molecule has 202 valence electrons. The minimum Gasteiger partial charge on any atom is -0.494 e. The molecule has 6 N–H and O–H groups in total. The van der Waals surface area contributed by atoms with Gasteiger partial charge in [-0.15, -0.1) is 11.3 Å². The predicted octanol–water partition coefficient (Wildman–Crippen LogP) is 1.70. The maximum absolute atomic E-state index is 13.0. The number of nitrogens with zero attached hydrogens (tertiary/aromatic N) is 1. The summed E-state index contributed by atoms with van der Waals surface area (Å²) in [5.74, 6) is -1.50. The zero-order valence-corrected chi connectivity index (χ0v) is 21.8. The molecule has 2 fully saturated rings. The summed E-state index contributed by atoms with van der Waals surface area (Å²) >= 11 is 1.40. The van der Waals surface area contributed by atoms with Crippen molar-refractivity contribution in [2.75, 3.05) is 13.2 Å². The molecule has 12 heteroatoms. The van der Waals surface area contributed by atoms with Gasteiger partial charge in [0.05, 0.1) is 25.3 Å². The van der Waals surface area contributed by atoms with Crippen molar-refractivity contribution in [1.82, 2.24) is 15.5 Å². The Morgan fingerprint density at radius 2 is 2.00 bits per heavy atom. The number of nitrogens with two attached hydrogens (primary N) is 1. The highest BCUT2D eigenvalue weighted by atomic mass is 32.1. The van der Waals surface area contributed by atoms with Crippen LogP contribution in [0.2, 0.25) is 0 Å². The first-order valence-electron chi connectivity index (χ1n) is 12.3. The maximum Gasteiger partial charge on any atom is 0.335 e. The van der Waals surface area contributed by atoms with Crippen molar-refractivity contribution in [1.29, 1.82) is 5.41 Å². The molecule has 1 aromatic carbocycles. The van der Waals surface area contributed by atoms with Gasteiger partial charge in [-0.05, 0) is 48.9 Å². The lowest BCUT2D eigenvalue weighted by atomic mass is 10.0. The second-order valence-corrected chi connectivity index (χ2v) is 10.9. The lowest BCUT2D eigenvalue weighted by Crippen LogP contribution is -2.50. The quantitative estimate of drug-likeness (QED) is 0.154. The van der Waals surface area contributed by atoms with Crippen molar-refractivity contribution < 1.29 is 29.0 Å². The Kier molecular flexibility index (Phi) is 8.00. The van der Waals surface area contributed by atoms with E-state index in [1.54, 1.807) is 28.5 Å². The molecule has 1 aromatic heterocycles. The standard InChI is InChI=1S/C26H31N5O6S/c1-26-10-19(24(34)30-12-18-9-16(14-38-18)23(27)28)31(20(26)11-26)22(33)13-29-21(32)6-3-7-37-17-5-2-4-15(8-17)25(35)36/h2,4-5,8-9,14,19-20H,3,6-7,10-13H2,1H3,(H3,27,28)(H,29,32)(H,30,34)(H,35,36)/t19-,20-,26+/m0/s1. The first kappa shape index (κ1) is 27.1. The molecule has 4 rings (SSSR count). The van der Waals surface area contributed by atoms with Gasteiger partial charge in [0, 0.05) is 28.3 Å². The van der Waals surface area contributed by atoms with Crippen LogP contribution in [0.25, 0.3) is 0 Å². The number of aromatic carboxylic acids is 1. The van der Waals surface area contributed by atoms with E-state index in [2.05, 4.69) is 17.6 Å². The Balaban J connectivity index is 1.21. The van der Waals surface area contributed by atoms with Crippen LogP contribution in [0.1, 0.15) is 53.4 Å². The van der Waals surface area contributed by atoms with Crippen LogP contribution in [-0.2, 0) is 20.9 Å². The molecule has 1 aliphatic carbocycles. The lowest BCUT2D eigenvalue weighted by Gasteiger charge is -2.27. The summed E-state index contributed by atoms with van der Waals surface area (Å²) in [6, 6.07) is 7.27. The van der Waals surface area contributed by atoms with Gasteiger partial charge in [0.25, 0.3) is 0 Å². The monoisotopic (exact) mass is 541 g/mol. The zero-order chi connectivity index (χ0) is 27.4. The number of thiophene rings is 1.